The van der Waals surface area contributed by atoms with Gasteiger partial charge in [-0.05, 0) is 30.2 Å². The minimum Gasteiger partial charge on any atom is -0.497 e. The summed E-state index contributed by atoms with van der Waals surface area (Å²) in [5.41, 5.74) is 1.38. The molecule has 1 saturated heterocycles. The van der Waals surface area contributed by atoms with Gasteiger partial charge in [0.1, 0.15) is 17.6 Å². The maximum atomic E-state index is 12.2. The first-order chi connectivity index (χ1) is 12.5. The molecule has 2 aromatic rings. The Hall–Kier alpha value is -2.81. The van der Waals surface area contributed by atoms with E-state index in [0.717, 1.165) is 16.7 Å². The summed E-state index contributed by atoms with van der Waals surface area (Å²) in [5, 5.41) is 10.4. The lowest BCUT2D eigenvalue weighted by atomic mass is 10.1. The van der Waals surface area contributed by atoms with Gasteiger partial charge in [0.2, 0.25) is 5.91 Å². The predicted octanol–water partition coefficient (Wildman–Crippen LogP) is 2.81. The second-order valence-corrected chi connectivity index (χ2v) is 7.00. The summed E-state index contributed by atoms with van der Waals surface area (Å²) < 4.78 is 5.25. The van der Waals surface area contributed by atoms with Gasteiger partial charge in [0, 0.05) is 38.0 Å². The Morgan fingerprint density at radius 2 is 2.00 bits per heavy atom. The topological polar surface area (TPSA) is 69.5 Å². The summed E-state index contributed by atoms with van der Waals surface area (Å²) in [6.07, 6.45) is 0.583. The van der Waals surface area contributed by atoms with Gasteiger partial charge in [0.15, 0.2) is 0 Å². The van der Waals surface area contributed by atoms with Crippen molar-refractivity contribution >= 4 is 22.6 Å². The fraction of sp³-hybridized carbons (Fsp3) is 0.450. The molecule has 0 saturated carbocycles. The molecule has 1 fully saturated rings. The molecule has 1 aromatic carbocycles. The van der Waals surface area contributed by atoms with E-state index in [1.807, 2.05) is 29.2 Å². The molecule has 0 aliphatic carbocycles. The Labute approximate surface area is 154 Å². The normalized spacial score (nSPS) is 14.6. The molecule has 2 heterocycles. The van der Waals surface area contributed by atoms with E-state index in [9.17, 15) is 10.1 Å². The van der Waals surface area contributed by atoms with Crippen molar-refractivity contribution in [1.82, 2.24) is 9.88 Å². The van der Waals surface area contributed by atoms with Crippen molar-refractivity contribution in [2.45, 2.75) is 20.3 Å². The van der Waals surface area contributed by atoms with Crippen molar-refractivity contribution in [3.8, 4) is 11.8 Å². The van der Waals surface area contributed by atoms with Crippen LogP contribution in [0.4, 0.5) is 5.82 Å². The van der Waals surface area contributed by atoms with Gasteiger partial charge in [0.05, 0.1) is 18.2 Å². The number of ether oxygens (including phenoxy) is 1. The molecule has 1 aliphatic heterocycles. The Morgan fingerprint density at radius 1 is 1.27 bits per heavy atom. The largest absolute Gasteiger partial charge is 0.497 e. The van der Waals surface area contributed by atoms with Crippen molar-refractivity contribution in [2.75, 3.05) is 38.2 Å². The molecule has 6 nitrogen and oxygen atoms in total. The minimum absolute atomic E-state index is 0.207. The zero-order valence-electron chi connectivity index (χ0n) is 15.5. The van der Waals surface area contributed by atoms with Gasteiger partial charge < -0.3 is 14.5 Å². The lowest BCUT2D eigenvalue weighted by molar-refractivity contribution is -0.132. The fourth-order valence-corrected chi connectivity index (χ4v) is 3.24. The maximum absolute atomic E-state index is 12.2. The number of anilines is 1. The van der Waals surface area contributed by atoms with Crippen molar-refractivity contribution < 1.29 is 9.53 Å². The van der Waals surface area contributed by atoms with Crippen LogP contribution in [0.1, 0.15) is 25.8 Å². The standard InChI is InChI=1S/C20H24N4O2/c1-14(2)10-19(25)23-6-8-24(9-7-23)20-16(13-21)11-15-12-17(26-3)4-5-18(15)22-20/h4-5,11-12,14H,6-10H2,1-3H3. The highest BCUT2D eigenvalue weighted by Crippen LogP contribution is 2.27. The molecule has 0 bridgehead atoms. The molecule has 0 unspecified atom stereocenters. The first-order valence-corrected chi connectivity index (χ1v) is 8.93. The zero-order chi connectivity index (χ0) is 18.7. The van der Waals surface area contributed by atoms with Gasteiger partial charge in [0.25, 0.3) is 0 Å². The van der Waals surface area contributed by atoms with Crippen LogP contribution in [0.3, 0.4) is 0 Å². The summed E-state index contributed by atoms with van der Waals surface area (Å²) in [7, 11) is 1.62. The van der Waals surface area contributed by atoms with Gasteiger partial charge in [-0.1, -0.05) is 13.8 Å². The third kappa shape index (κ3) is 3.72. The first-order valence-electron chi connectivity index (χ1n) is 8.93. The number of carbonyl (C=O) groups is 1. The molecule has 0 atom stereocenters. The van der Waals surface area contributed by atoms with E-state index >= 15 is 0 Å². The van der Waals surface area contributed by atoms with E-state index in [-0.39, 0.29) is 5.91 Å². The Bertz CT molecular complexity index is 849. The Kier molecular flexibility index (Phi) is 5.27. The molecular weight excluding hydrogens is 328 g/mol. The van der Waals surface area contributed by atoms with E-state index < -0.39 is 0 Å². The number of fused-ring (bicyclic) bond motifs is 1. The third-order valence-corrected chi connectivity index (χ3v) is 4.64. The SMILES string of the molecule is COc1ccc2nc(N3CCN(C(=O)CC(C)C)CC3)c(C#N)cc2c1. The van der Waals surface area contributed by atoms with Crippen LogP contribution in [0.5, 0.6) is 5.75 Å². The lowest BCUT2D eigenvalue weighted by Crippen LogP contribution is -2.49. The van der Waals surface area contributed by atoms with Crippen LogP contribution in [-0.2, 0) is 4.79 Å². The number of hydrogen-bond acceptors (Lipinski definition) is 5. The number of amides is 1. The molecule has 136 valence electrons. The molecule has 6 heteroatoms. The second-order valence-electron chi connectivity index (χ2n) is 7.00. The number of aromatic nitrogens is 1. The van der Waals surface area contributed by atoms with Gasteiger partial charge in [-0.2, -0.15) is 5.26 Å². The number of hydrogen-bond donors (Lipinski definition) is 0. The Balaban J connectivity index is 1.80. The number of rotatable bonds is 4. The van der Waals surface area contributed by atoms with E-state index in [1.54, 1.807) is 7.11 Å². The summed E-state index contributed by atoms with van der Waals surface area (Å²) in [6, 6.07) is 9.77. The van der Waals surface area contributed by atoms with E-state index in [4.69, 9.17) is 9.72 Å². The second kappa shape index (κ2) is 7.61. The predicted molar refractivity (Wildman–Crippen MR) is 101 cm³/mol. The number of piperazine rings is 1. The van der Waals surface area contributed by atoms with Crippen LogP contribution in [0.15, 0.2) is 24.3 Å². The summed E-state index contributed by atoms with van der Waals surface area (Å²) in [5.74, 6) is 2.01. The molecule has 1 aromatic heterocycles. The monoisotopic (exact) mass is 352 g/mol. The molecule has 1 amide bonds. The zero-order valence-corrected chi connectivity index (χ0v) is 15.5. The first kappa shape index (κ1) is 18.0. The van der Waals surface area contributed by atoms with Crippen molar-refractivity contribution in [1.29, 1.82) is 5.26 Å². The number of nitrogens with zero attached hydrogens (tertiary/aromatic N) is 4. The van der Waals surface area contributed by atoms with E-state index in [0.29, 0.717) is 49.9 Å². The van der Waals surface area contributed by atoms with Crippen LogP contribution in [0, 0.1) is 17.2 Å². The number of carbonyl (C=O) groups excluding carboxylic acids is 1. The molecule has 26 heavy (non-hydrogen) atoms. The number of pyridine rings is 1. The summed E-state index contributed by atoms with van der Waals surface area (Å²) >= 11 is 0. The number of nitriles is 1. The third-order valence-electron chi connectivity index (χ3n) is 4.64. The van der Waals surface area contributed by atoms with Crippen LogP contribution in [-0.4, -0.2) is 49.1 Å². The van der Waals surface area contributed by atoms with Crippen molar-refractivity contribution in [3.05, 3.63) is 29.8 Å². The van der Waals surface area contributed by atoms with Gasteiger partial charge >= 0.3 is 0 Å². The molecule has 1 aliphatic rings. The molecular formula is C20H24N4O2. The average Bonchev–Trinajstić information content (AvgIpc) is 2.66. The van der Waals surface area contributed by atoms with Crippen LogP contribution < -0.4 is 9.64 Å². The molecule has 0 spiro atoms. The van der Waals surface area contributed by atoms with E-state index in [2.05, 4.69) is 24.8 Å². The average molecular weight is 352 g/mol. The smallest absolute Gasteiger partial charge is 0.222 e. The number of methoxy groups -OCH3 is 1. The van der Waals surface area contributed by atoms with Crippen molar-refractivity contribution in [3.63, 3.8) is 0 Å². The summed E-state index contributed by atoms with van der Waals surface area (Å²) in [4.78, 5) is 21.0. The lowest BCUT2D eigenvalue weighted by Gasteiger charge is -2.36. The molecule has 0 N–H and O–H groups in total. The highest BCUT2D eigenvalue weighted by molar-refractivity contribution is 5.84. The highest BCUT2D eigenvalue weighted by Gasteiger charge is 2.24. The van der Waals surface area contributed by atoms with Crippen LogP contribution in [0.25, 0.3) is 10.9 Å². The van der Waals surface area contributed by atoms with Gasteiger partial charge in [-0.3, -0.25) is 4.79 Å². The minimum atomic E-state index is 0.207. The van der Waals surface area contributed by atoms with Gasteiger partial charge in [-0.15, -0.1) is 0 Å². The molecule has 0 radical (unpaired) electrons. The Morgan fingerprint density at radius 3 is 2.62 bits per heavy atom. The molecule has 3 rings (SSSR count). The van der Waals surface area contributed by atoms with Gasteiger partial charge in [-0.25, -0.2) is 4.98 Å². The number of benzene rings is 1. The van der Waals surface area contributed by atoms with Crippen LogP contribution >= 0.6 is 0 Å². The quantitative estimate of drug-likeness (QED) is 0.846. The van der Waals surface area contributed by atoms with E-state index in [1.165, 1.54) is 0 Å². The highest BCUT2D eigenvalue weighted by atomic mass is 16.5. The van der Waals surface area contributed by atoms with Crippen molar-refractivity contribution in [2.24, 2.45) is 5.92 Å². The van der Waals surface area contributed by atoms with Crippen LogP contribution in [0.2, 0.25) is 0 Å². The fourth-order valence-electron chi connectivity index (χ4n) is 3.24. The summed E-state index contributed by atoms with van der Waals surface area (Å²) in [6.45, 7) is 6.82. The maximum Gasteiger partial charge on any atom is 0.222 e.